The normalized spacial score (nSPS) is 36.7. The SMILES string of the molecule is CC[C@H]1CCCC2NCCN2CC1. The highest BCUT2D eigenvalue weighted by atomic mass is 15.3. The average molecular weight is 182 g/mol. The Morgan fingerprint density at radius 2 is 2.15 bits per heavy atom. The third-order valence-electron chi connectivity index (χ3n) is 3.71. The van der Waals surface area contributed by atoms with Crippen molar-refractivity contribution in [2.24, 2.45) is 5.92 Å². The van der Waals surface area contributed by atoms with Gasteiger partial charge in [-0.05, 0) is 25.3 Å². The maximum absolute atomic E-state index is 3.59. The van der Waals surface area contributed by atoms with Gasteiger partial charge >= 0.3 is 0 Å². The standard InChI is InChI=1S/C11H22N2/c1-2-10-4-3-5-11-12-7-9-13(11)8-6-10/h10-12H,2-9H2,1H3/t10-,11?/m0/s1. The summed E-state index contributed by atoms with van der Waals surface area (Å²) >= 11 is 0. The van der Waals surface area contributed by atoms with Crippen LogP contribution in [0.15, 0.2) is 0 Å². The fourth-order valence-corrected chi connectivity index (χ4v) is 2.71. The highest BCUT2D eigenvalue weighted by Crippen LogP contribution is 2.23. The van der Waals surface area contributed by atoms with E-state index in [4.69, 9.17) is 0 Å². The Kier molecular flexibility index (Phi) is 3.23. The molecule has 1 N–H and O–H groups in total. The van der Waals surface area contributed by atoms with Crippen molar-refractivity contribution in [3.8, 4) is 0 Å². The lowest BCUT2D eigenvalue weighted by molar-refractivity contribution is 0.183. The van der Waals surface area contributed by atoms with E-state index < -0.39 is 0 Å². The Balaban J connectivity index is 1.87. The Hall–Kier alpha value is -0.0800. The molecule has 0 radical (unpaired) electrons. The van der Waals surface area contributed by atoms with Gasteiger partial charge in [0.15, 0.2) is 0 Å². The Morgan fingerprint density at radius 3 is 3.00 bits per heavy atom. The van der Waals surface area contributed by atoms with E-state index in [9.17, 15) is 0 Å². The van der Waals surface area contributed by atoms with E-state index in [0.717, 1.165) is 12.1 Å². The van der Waals surface area contributed by atoms with Gasteiger partial charge < -0.3 is 5.32 Å². The van der Waals surface area contributed by atoms with Gasteiger partial charge in [0.05, 0.1) is 6.17 Å². The van der Waals surface area contributed by atoms with Crippen molar-refractivity contribution in [2.45, 2.75) is 45.2 Å². The molecule has 2 saturated heterocycles. The Labute approximate surface area is 81.7 Å². The summed E-state index contributed by atoms with van der Waals surface area (Å²) in [5.74, 6) is 1.00. The van der Waals surface area contributed by atoms with E-state index in [0.29, 0.717) is 0 Å². The minimum atomic E-state index is 0.720. The molecule has 2 fully saturated rings. The maximum atomic E-state index is 3.59. The maximum Gasteiger partial charge on any atom is 0.0597 e. The third-order valence-corrected chi connectivity index (χ3v) is 3.71. The summed E-state index contributed by atoms with van der Waals surface area (Å²) in [4.78, 5) is 2.64. The zero-order valence-electron chi connectivity index (χ0n) is 8.76. The molecule has 2 atom stereocenters. The summed E-state index contributed by atoms with van der Waals surface area (Å²) in [6, 6.07) is 0. The van der Waals surface area contributed by atoms with Crippen LogP contribution in [0.25, 0.3) is 0 Å². The molecule has 0 bridgehead atoms. The number of hydrogen-bond acceptors (Lipinski definition) is 2. The molecular formula is C11H22N2. The first-order valence-electron chi connectivity index (χ1n) is 5.87. The molecule has 0 aliphatic carbocycles. The van der Waals surface area contributed by atoms with E-state index in [1.165, 1.54) is 51.7 Å². The fraction of sp³-hybridized carbons (Fsp3) is 1.00. The smallest absolute Gasteiger partial charge is 0.0597 e. The van der Waals surface area contributed by atoms with E-state index in [2.05, 4.69) is 17.1 Å². The van der Waals surface area contributed by atoms with Crippen LogP contribution in [0.1, 0.15) is 39.0 Å². The number of rotatable bonds is 1. The summed E-state index contributed by atoms with van der Waals surface area (Å²) in [7, 11) is 0. The first kappa shape index (κ1) is 9.47. The van der Waals surface area contributed by atoms with Crippen LogP contribution in [0.4, 0.5) is 0 Å². The number of fused-ring (bicyclic) bond motifs is 1. The second kappa shape index (κ2) is 4.43. The first-order chi connectivity index (χ1) is 6.40. The molecular weight excluding hydrogens is 160 g/mol. The van der Waals surface area contributed by atoms with Crippen molar-refractivity contribution in [3.63, 3.8) is 0 Å². The second-order valence-corrected chi connectivity index (χ2v) is 4.50. The van der Waals surface area contributed by atoms with Gasteiger partial charge in [-0.25, -0.2) is 0 Å². The average Bonchev–Trinajstić information content (AvgIpc) is 2.52. The minimum Gasteiger partial charge on any atom is -0.300 e. The van der Waals surface area contributed by atoms with Gasteiger partial charge in [0, 0.05) is 13.1 Å². The monoisotopic (exact) mass is 182 g/mol. The predicted molar refractivity (Wildman–Crippen MR) is 55.6 cm³/mol. The van der Waals surface area contributed by atoms with Gasteiger partial charge in [0.2, 0.25) is 0 Å². The van der Waals surface area contributed by atoms with E-state index in [1.807, 2.05) is 0 Å². The molecule has 2 heterocycles. The second-order valence-electron chi connectivity index (χ2n) is 4.50. The Bertz CT molecular complexity index is 158. The van der Waals surface area contributed by atoms with Crippen LogP contribution < -0.4 is 5.32 Å². The minimum absolute atomic E-state index is 0.720. The molecule has 13 heavy (non-hydrogen) atoms. The highest BCUT2D eigenvalue weighted by Gasteiger charge is 2.25. The highest BCUT2D eigenvalue weighted by molar-refractivity contribution is 4.80. The lowest BCUT2D eigenvalue weighted by Crippen LogP contribution is -2.38. The van der Waals surface area contributed by atoms with Crippen LogP contribution in [-0.4, -0.2) is 30.7 Å². The number of hydrogen-bond donors (Lipinski definition) is 1. The molecule has 0 aromatic carbocycles. The molecule has 0 amide bonds. The summed E-state index contributed by atoms with van der Waals surface area (Å²) < 4.78 is 0. The molecule has 2 rings (SSSR count). The summed E-state index contributed by atoms with van der Waals surface area (Å²) in [5, 5.41) is 3.59. The molecule has 76 valence electrons. The molecule has 2 aliphatic rings. The Morgan fingerprint density at radius 1 is 1.23 bits per heavy atom. The van der Waals surface area contributed by atoms with Crippen molar-refractivity contribution < 1.29 is 0 Å². The summed E-state index contributed by atoms with van der Waals surface area (Å²) in [6.07, 6.45) is 7.78. The molecule has 0 aromatic heterocycles. The van der Waals surface area contributed by atoms with Crippen molar-refractivity contribution in [1.29, 1.82) is 0 Å². The third kappa shape index (κ3) is 2.23. The van der Waals surface area contributed by atoms with Crippen LogP contribution in [0.5, 0.6) is 0 Å². The van der Waals surface area contributed by atoms with Crippen LogP contribution in [-0.2, 0) is 0 Å². The predicted octanol–water partition coefficient (Wildman–Crippen LogP) is 1.82. The van der Waals surface area contributed by atoms with Gasteiger partial charge in [-0.3, -0.25) is 4.90 Å². The molecule has 0 saturated carbocycles. The fourth-order valence-electron chi connectivity index (χ4n) is 2.71. The van der Waals surface area contributed by atoms with Gasteiger partial charge in [-0.15, -0.1) is 0 Å². The van der Waals surface area contributed by atoms with Crippen LogP contribution in [0.2, 0.25) is 0 Å². The van der Waals surface area contributed by atoms with Crippen molar-refractivity contribution in [3.05, 3.63) is 0 Å². The van der Waals surface area contributed by atoms with E-state index in [-0.39, 0.29) is 0 Å². The molecule has 0 spiro atoms. The summed E-state index contributed by atoms with van der Waals surface area (Å²) in [6.45, 7) is 6.16. The van der Waals surface area contributed by atoms with Gasteiger partial charge in [0.1, 0.15) is 0 Å². The number of nitrogens with one attached hydrogen (secondary N) is 1. The lowest BCUT2D eigenvalue weighted by Gasteiger charge is -2.29. The zero-order valence-corrected chi connectivity index (χ0v) is 8.76. The van der Waals surface area contributed by atoms with Crippen molar-refractivity contribution >= 4 is 0 Å². The summed E-state index contributed by atoms with van der Waals surface area (Å²) in [5.41, 5.74) is 0. The van der Waals surface area contributed by atoms with Crippen molar-refractivity contribution in [2.75, 3.05) is 19.6 Å². The van der Waals surface area contributed by atoms with Crippen LogP contribution in [0.3, 0.4) is 0 Å². The van der Waals surface area contributed by atoms with E-state index in [1.54, 1.807) is 0 Å². The van der Waals surface area contributed by atoms with E-state index >= 15 is 0 Å². The molecule has 1 unspecified atom stereocenters. The van der Waals surface area contributed by atoms with Gasteiger partial charge in [-0.2, -0.15) is 0 Å². The van der Waals surface area contributed by atoms with Gasteiger partial charge in [0.25, 0.3) is 0 Å². The van der Waals surface area contributed by atoms with Gasteiger partial charge in [-0.1, -0.05) is 26.2 Å². The first-order valence-corrected chi connectivity index (χ1v) is 5.87. The lowest BCUT2D eigenvalue weighted by atomic mass is 9.93. The van der Waals surface area contributed by atoms with Crippen LogP contribution in [0, 0.1) is 5.92 Å². The zero-order chi connectivity index (χ0) is 9.10. The molecule has 0 aromatic rings. The molecule has 2 nitrogen and oxygen atoms in total. The number of nitrogens with zero attached hydrogens (tertiary/aromatic N) is 1. The molecule has 2 heteroatoms. The molecule has 2 aliphatic heterocycles. The topological polar surface area (TPSA) is 15.3 Å². The quantitative estimate of drug-likeness (QED) is 0.665. The van der Waals surface area contributed by atoms with Crippen molar-refractivity contribution in [1.82, 2.24) is 10.2 Å². The largest absolute Gasteiger partial charge is 0.300 e. The van der Waals surface area contributed by atoms with Crippen LogP contribution >= 0.6 is 0 Å².